The number of hydrogen-bond acceptors (Lipinski definition) is 5. The molecular formula is C19H11Cl2N3OS2. The van der Waals surface area contributed by atoms with E-state index in [1.165, 1.54) is 23.1 Å². The smallest absolute Gasteiger partial charge is 0.240 e. The third kappa shape index (κ3) is 2.97. The highest BCUT2D eigenvalue weighted by Crippen LogP contribution is 2.46. The number of para-hydroxylation sites is 1. The van der Waals surface area contributed by atoms with Gasteiger partial charge in [-0.15, -0.1) is 11.8 Å². The molecule has 8 heteroatoms. The number of nitrogens with zero attached hydrogens (tertiary/aromatic N) is 3. The zero-order valence-corrected chi connectivity index (χ0v) is 16.9. The Morgan fingerprint density at radius 1 is 1.04 bits per heavy atom. The molecule has 0 bridgehead atoms. The Balaban J connectivity index is 1.63. The van der Waals surface area contributed by atoms with Gasteiger partial charge in [-0.2, -0.15) is 0 Å². The summed E-state index contributed by atoms with van der Waals surface area (Å²) in [4.78, 5) is 23.5. The van der Waals surface area contributed by atoms with Gasteiger partial charge in [0.1, 0.15) is 10.5 Å². The van der Waals surface area contributed by atoms with E-state index >= 15 is 0 Å². The first-order valence-electron chi connectivity index (χ1n) is 8.15. The van der Waals surface area contributed by atoms with Crippen LogP contribution in [-0.2, 0) is 4.79 Å². The molecule has 2 aromatic carbocycles. The Morgan fingerprint density at radius 2 is 1.89 bits per heavy atom. The number of anilines is 1. The molecule has 0 aliphatic carbocycles. The zero-order valence-electron chi connectivity index (χ0n) is 13.7. The molecule has 1 saturated heterocycles. The van der Waals surface area contributed by atoms with Crippen LogP contribution in [0.1, 0.15) is 10.9 Å². The lowest BCUT2D eigenvalue weighted by Crippen LogP contribution is -2.27. The maximum atomic E-state index is 12.7. The number of benzene rings is 2. The van der Waals surface area contributed by atoms with Gasteiger partial charge in [0, 0.05) is 16.0 Å². The van der Waals surface area contributed by atoms with E-state index in [1.54, 1.807) is 11.0 Å². The van der Waals surface area contributed by atoms with E-state index in [1.807, 2.05) is 42.5 Å². The molecule has 1 aliphatic heterocycles. The minimum Gasteiger partial charge on any atom is -0.273 e. The second kappa shape index (κ2) is 6.63. The van der Waals surface area contributed by atoms with Crippen molar-refractivity contribution in [2.75, 3.05) is 10.7 Å². The minimum absolute atomic E-state index is 0.0133. The van der Waals surface area contributed by atoms with Crippen molar-refractivity contribution in [1.82, 2.24) is 9.97 Å². The summed E-state index contributed by atoms with van der Waals surface area (Å²) in [5, 5.41) is 2.45. The summed E-state index contributed by atoms with van der Waals surface area (Å²) in [5.74, 6) is 0.393. The number of thiazole rings is 1. The van der Waals surface area contributed by atoms with E-state index in [4.69, 9.17) is 23.2 Å². The third-order valence-electron chi connectivity index (χ3n) is 4.38. The molecule has 1 amide bonds. The van der Waals surface area contributed by atoms with Crippen LogP contribution >= 0.6 is 46.3 Å². The molecule has 1 fully saturated rings. The van der Waals surface area contributed by atoms with Crippen LogP contribution in [0.25, 0.3) is 21.1 Å². The number of fused-ring (bicyclic) bond motifs is 2. The van der Waals surface area contributed by atoms with E-state index in [2.05, 4.69) is 9.97 Å². The van der Waals surface area contributed by atoms with Gasteiger partial charge in [-0.3, -0.25) is 9.69 Å². The number of halogens is 2. The molecule has 0 spiro atoms. The van der Waals surface area contributed by atoms with E-state index in [0.29, 0.717) is 21.1 Å². The molecule has 1 unspecified atom stereocenters. The largest absolute Gasteiger partial charge is 0.273 e. The highest BCUT2D eigenvalue weighted by atomic mass is 35.5. The maximum Gasteiger partial charge on any atom is 0.240 e. The fourth-order valence-electron chi connectivity index (χ4n) is 3.13. The van der Waals surface area contributed by atoms with Gasteiger partial charge in [-0.1, -0.05) is 52.7 Å². The van der Waals surface area contributed by atoms with Crippen molar-refractivity contribution in [2.45, 2.75) is 5.37 Å². The topological polar surface area (TPSA) is 46.1 Å². The molecule has 4 aromatic rings. The van der Waals surface area contributed by atoms with Crippen molar-refractivity contribution >= 4 is 78.5 Å². The van der Waals surface area contributed by atoms with Gasteiger partial charge in [-0.05, 0) is 30.3 Å². The van der Waals surface area contributed by atoms with Crippen molar-refractivity contribution in [1.29, 1.82) is 0 Å². The maximum absolute atomic E-state index is 12.7. The number of pyridine rings is 1. The molecule has 3 heterocycles. The first-order valence-corrected chi connectivity index (χ1v) is 10.8. The monoisotopic (exact) mass is 431 g/mol. The Labute approximate surface area is 173 Å². The lowest BCUT2D eigenvalue weighted by Gasteiger charge is -2.22. The number of aromatic nitrogens is 2. The Morgan fingerprint density at radius 3 is 2.78 bits per heavy atom. The van der Waals surface area contributed by atoms with Crippen molar-refractivity contribution in [3.8, 4) is 0 Å². The molecule has 5 rings (SSSR count). The van der Waals surface area contributed by atoms with E-state index in [0.717, 1.165) is 26.7 Å². The second-order valence-corrected chi connectivity index (χ2v) is 8.97. The van der Waals surface area contributed by atoms with Crippen molar-refractivity contribution < 1.29 is 4.79 Å². The SMILES string of the molecule is O=C1CSC(c2cc3ccccc3nc2Cl)N1c1nc2ccc(Cl)cc2s1. The van der Waals surface area contributed by atoms with Gasteiger partial charge in [0.2, 0.25) is 5.91 Å². The average Bonchev–Trinajstić information content (AvgIpc) is 3.23. The van der Waals surface area contributed by atoms with E-state index < -0.39 is 0 Å². The number of rotatable bonds is 2. The first-order chi connectivity index (χ1) is 13.1. The molecule has 0 saturated carbocycles. The zero-order chi connectivity index (χ0) is 18.5. The Bertz CT molecular complexity index is 1210. The predicted molar refractivity (Wildman–Crippen MR) is 114 cm³/mol. The standard InChI is InChI=1S/C19H11Cl2N3OS2/c20-11-5-6-14-15(8-11)27-19(23-14)24-16(25)9-26-18(24)12-7-10-3-1-2-4-13(10)22-17(12)21/h1-8,18H,9H2. The summed E-state index contributed by atoms with van der Waals surface area (Å²) in [6.45, 7) is 0. The van der Waals surface area contributed by atoms with Gasteiger partial charge < -0.3 is 0 Å². The second-order valence-electron chi connectivity index (χ2n) is 6.10. The average molecular weight is 432 g/mol. The van der Waals surface area contributed by atoms with Gasteiger partial charge in [-0.25, -0.2) is 9.97 Å². The molecule has 27 heavy (non-hydrogen) atoms. The van der Waals surface area contributed by atoms with Crippen molar-refractivity contribution in [2.24, 2.45) is 0 Å². The number of amides is 1. The van der Waals surface area contributed by atoms with Gasteiger partial charge >= 0.3 is 0 Å². The first kappa shape index (κ1) is 17.3. The summed E-state index contributed by atoms with van der Waals surface area (Å²) < 4.78 is 0.948. The molecule has 1 atom stereocenters. The predicted octanol–water partition coefficient (Wildman–Crippen LogP) is 5.93. The van der Waals surface area contributed by atoms with Crippen molar-refractivity contribution in [3.63, 3.8) is 0 Å². The summed E-state index contributed by atoms with van der Waals surface area (Å²) in [6, 6.07) is 15.4. The summed E-state index contributed by atoms with van der Waals surface area (Å²) in [7, 11) is 0. The highest BCUT2D eigenvalue weighted by molar-refractivity contribution is 8.00. The van der Waals surface area contributed by atoms with Gasteiger partial charge in [0.05, 0.1) is 21.5 Å². The highest BCUT2D eigenvalue weighted by Gasteiger charge is 2.37. The fraction of sp³-hybridized carbons (Fsp3) is 0.105. The van der Waals surface area contributed by atoms with Crippen LogP contribution in [0.3, 0.4) is 0 Å². The molecular weight excluding hydrogens is 421 g/mol. The molecule has 0 N–H and O–H groups in total. The van der Waals surface area contributed by atoms with Crippen LogP contribution in [-0.4, -0.2) is 21.6 Å². The number of hydrogen-bond donors (Lipinski definition) is 0. The molecule has 4 nitrogen and oxygen atoms in total. The molecule has 2 aromatic heterocycles. The molecule has 1 aliphatic rings. The third-order valence-corrected chi connectivity index (χ3v) is 7.13. The van der Waals surface area contributed by atoms with Crippen LogP contribution in [0, 0.1) is 0 Å². The Hall–Kier alpha value is -1.86. The normalized spacial score (nSPS) is 17.3. The van der Waals surface area contributed by atoms with Crippen LogP contribution in [0.15, 0.2) is 48.5 Å². The lowest BCUT2D eigenvalue weighted by molar-refractivity contribution is -0.115. The van der Waals surface area contributed by atoms with Gasteiger partial charge in [0.15, 0.2) is 5.13 Å². The van der Waals surface area contributed by atoms with Crippen LogP contribution < -0.4 is 4.90 Å². The van der Waals surface area contributed by atoms with E-state index in [-0.39, 0.29) is 11.3 Å². The van der Waals surface area contributed by atoms with Crippen LogP contribution in [0.5, 0.6) is 0 Å². The number of carbonyl (C=O) groups is 1. The van der Waals surface area contributed by atoms with Crippen LogP contribution in [0.2, 0.25) is 10.2 Å². The Kier molecular flexibility index (Phi) is 4.24. The molecule has 0 radical (unpaired) electrons. The minimum atomic E-state index is -0.252. The van der Waals surface area contributed by atoms with Crippen LogP contribution in [0.4, 0.5) is 5.13 Å². The number of carbonyl (C=O) groups excluding carboxylic acids is 1. The van der Waals surface area contributed by atoms with E-state index in [9.17, 15) is 4.79 Å². The number of thioether (sulfide) groups is 1. The summed E-state index contributed by atoms with van der Waals surface area (Å²) in [5.41, 5.74) is 2.48. The lowest BCUT2D eigenvalue weighted by atomic mass is 10.1. The fourth-order valence-corrected chi connectivity index (χ4v) is 5.97. The molecule has 134 valence electrons. The quantitative estimate of drug-likeness (QED) is 0.369. The van der Waals surface area contributed by atoms with Gasteiger partial charge in [0.25, 0.3) is 0 Å². The van der Waals surface area contributed by atoms with Crippen molar-refractivity contribution in [3.05, 3.63) is 64.3 Å². The summed E-state index contributed by atoms with van der Waals surface area (Å²) in [6.07, 6.45) is 0. The summed E-state index contributed by atoms with van der Waals surface area (Å²) >= 11 is 15.6.